The Balaban J connectivity index is 2.38. The number of benzene rings is 1. The van der Waals surface area contributed by atoms with Crippen molar-refractivity contribution in [2.45, 2.75) is 13.8 Å². The molecule has 0 saturated heterocycles. The smallest absolute Gasteiger partial charge is 0.263 e. The highest BCUT2D eigenvalue weighted by atomic mass is 32.1. The molecule has 0 aliphatic rings. The number of ether oxygens (including phenoxy) is 1. The van der Waals surface area contributed by atoms with Gasteiger partial charge in [-0.1, -0.05) is 0 Å². The van der Waals surface area contributed by atoms with Crippen LogP contribution in [0.15, 0.2) is 24.3 Å². The molecular formula is C17H20N2O3S. The molecule has 1 amide bonds. The van der Waals surface area contributed by atoms with Gasteiger partial charge in [-0.2, -0.15) is 0 Å². The fourth-order valence-corrected chi connectivity index (χ4v) is 3.33. The molecule has 2 rings (SSSR count). The third kappa shape index (κ3) is 3.37. The predicted octanol–water partition coefficient (Wildman–Crippen LogP) is 2.97. The molecule has 0 unspecified atom stereocenters. The lowest BCUT2D eigenvalue weighted by Gasteiger charge is -2.09. The maximum Gasteiger partial charge on any atom is 0.263 e. The van der Waals surface area contributed by atoms with Crippen molar-refractivity contribution < 1.29 is 14.3 Å². The summed E-state index contributed by atoms with van der Waals surface area (Å²) in [6.07, 6.45) is 0. The topological polar surface area (TPSA) is 72.6 Å². The van der Waals surface area contributed by atoms with Gasteiger partial charge in [-0.05, 0) is 43.7 Å². The second kappa shape index (κ2) is 6.83. The Morgan fingerprint density at radius 2 is 1.83 bits per heavy atom. The fraction of sp³-hybridized carbons (Fsp3) is 0.294. The van der Waals surface area contributed by atoms with E-state index in [-0.39, 0.29) is 11.7 Å². The minimum absolute atomic E-state index is 0.148. The van der Waals surface area contributed by atoms with Crippen molar-refractivity contribution >= 4 is 28.0 Å². The number of ketones is 1. The molecule has 122 valence electrons. The Kier molecular flexibility index (Phi) is 5.05. The monoisotopic (exact) mass is 332 g/mol. The molecule has 0 radical (unpaired) electrons. The largest absolute Gasteiger partial charge is 0.494 e. The summed E-state index contributed by atoms with van der Waals surface area (Å²) in [6.45, 7) is 4.23. The number of carbonyl (C=O) groups excluding carboxylic acids is 2. The molecule has 6 heteroatoms. The van der Waals surface area contributed by atoms with Crippen LogP contribution in [0.25, 0.3) is 0 Å². The van der Waals surface area contributed by atoms with Crippen molar-refractivity contribution in [3.8, 4) is 5.75 Å². The van der Waals surface area contributed by atoms with E-state index < -0.39 is 0 Å². The number of nitrogens with two attached hydrogens (primary N) is 1. The van der Waals surface area contributed by atoms with E-state index in [1.807, 2.05) is 6.92 Å². The zero-order chi connectivity index (χ0) is 17.1. The van der Waals surface area contributed by atoms with Gasteiger partial charge in [0.05, 0.1) is 22.0 Å². The zero-order valence-corrected chi connectivity index (χ0v) is 14.5. The van der Waals surface area contributed by atoms with Crippen molar-refractivity contribution in [2.75, 3.05) is 26.4 Å². The number of thiophene rings is 1. The summed E-state index contributed by atoms with van der Waals surface area (Å²) >= 11 is 1.15. The van der Waals surface area contributed by atoms with Gasteiger partial charge in [-0.15, -0.1) is 11.3 Å². The van der Waals surface area contributed by atoms with E-state index in [9.17, 15) is 9.59 Å². The Hall–Kier alpha value is -2.34. The van der Waals surface area contributed by atoms with Gasteiger partial charge < -0.3 is 15.4 Å². The highest BCUT2D eigenvalue weighted by Gasteiger charge is 2.24. The van der Waals surface area contributed by atoms with Crippen molar-refractivity contribution in [1.29, 1.82) is 0 Å². The minimum atomic E-state index is -0.183. The molecule has 0 atom stereocenters. The number of rotatable bonds is 5. The molecule has 2 N–H and O–H groups in total. The molecule has 0 spiro atoms. The van der Waals surface area contributed by atoms with Gasteiger partial charge >= 0.3 is 0 Å². The van der Waals surface area contributed by atoms with Crippen LogP contribution in [0.4, 0.5) is 5.00 Å². The summed E-state index contributed by atoms with van der Waals surface area (Å²) in [7, 11) is 3.34. The van der Waals surface area contributed by atoms with Crippen LogP contribution in [0.2, 0.25) is 0 Å². The minimum Gasteiger partial charge on any atom is -0.494 e. The average molecular weight is 332 g/mol. The van der Waals surface area contributed by atoms with E-state index in [0.717, 1.165) is 11.3 Å². The van der Waals surface area contributed by atoms with Gasteiger partial charge in [0.1, 0.15) is 5.75 Å². The number of hydrogen-bond donors (Lipinski definition) is 1. The van der Waals surface area contributed by atoms with Gasteiger partial charge in [0.25, 0.3) is 5.91 Å². The molecule has 0 aliphatic carbocycles. The molecule has 0 fully saturated rings. The molecule has 0 bridgehead atoms. The standard InChI is InChI=1S/C17H20N2O3S/c1-5-22-12-8-6-11(7-9-12)14(20)13-10(2)15(23-16(13)18)17(21)19(3)4/h6-9H,5,18H2,1-4H3. The molecule has 0 aliphatic heterocycles. The summed E-state index contributed by atoms with van der Waals surface area (Å²) in [5.74, 6) is 0.379. The van der Waals surface area contributed by atoms with Gasteiger partial charge in [-0.3, -0.25) is 9.59 Å². The number of nitrogen functional groups attached to an aromatic ring is 1. The Morgan fingerprint density at radius 3 is 2.35 bits per heavy atom. The van der Waals surface area contributed by atoms with E-state index in [1.165, 1.54) is 4.90 Å². The SMILES string of the molecule is CCOc1ccc(C(=O)c2c(N)sc(C(=O)N(C)C)c2C)cc1. The van der Waals surface area contributed by atoms with Gasteiger partial charge in [0.15, 0.2) is 5.78 Å². The molecule has 5 nitrogen and oxygen atoms in total. The summed E-state index contributed by atoms with van der Waals surface area (Å²) in [6, 6.07) is 6.91. The first-order chi connectivity index (χ1) is 10.9. The van der Waals surface area contributed by atoms with E-state index in [4.69, 9.17) is 10.5 Å². The zero-order valence-electron chi connectivity index (χ0n) is 13.7. The summed E-state index contributed by atoms with van der Waals surface area (Å²) in [4.78, 5) is 26.9. The number of carbonyl (C=O) groups is 2. The Bertz CT molecular complexity index is 733. The van der Waals surface area contributed by atoms with Crippen LogP contribution in [0.5, 0.6) is 5.75 Å². The van der Waals surface area contributed by atoms with Gasteiger partial charge in [0, 0.05) is 19.7 Å². The second-order valence-corrected chi connectivity index (χ2v) is 6.33. The molecule has 2 aromatic rings. The second-order valence-electron chi connectivity index (χ2n) is 5.28. The first-order valence-electron chi connectivity index (χ1n) is 7.24. The third-order valence-corrected chi connectivity index (χ3v) is 4.54. The lowest BCUT2D eigenvalue weighted by atomic mass is 10.0. The number of anilines is 1. The maximum absolute atomic E-state index is 12.7. The van der Waals surface area contributed by atoms with E-state index >= 15 is 0 Å². The van der Waals surface area contributed by atoms with Crippen LogP contribution in [-0.4, -0.2) is 37.3 Å². The molecule has 0 saturated carbocycles. The Labute approximate surface area is 139 Å². The molecule has 23 heavy (non-hydrogen) atoms. The molecular weight excluding hydrogens is 312 g/mol. The highest BCUT2D eigenvalue weighted by Crippen LogP contribution is 2.33. The lowest BCUT2D eigenvalue weighted by Crippen LogP contribution is -2.21. The van der Waals surface area contributed by atoms with Crippen LogP contribution in [-0.2, 0) is 0 Å². The number of amides is 1. The van der Waals surface area contributed by atoms with Crippen molar-refractivity contribution in [3.05, 3.63) is 45.8 Å². The van der Waals surface area contributed by atoms with Gasteiger partial charge in [0.2, 0.25) is 0 Å². The summed E-state index contributed by atoms with van der Waals surface area (Å²) in [5.41, 5.74) is 7.55. The van der Waals surface area contributed by atoms with E-state index in [1.54, 1.807) is 45.3 Å². The summed E-state index contributed by atoms with van der Waals surface area (Å²) in [5, 5.41) is 0.367. The van der Waals surface area contributed by atoms with Gasteiger partial charge in [-0.25, -0.2) is 0 Å². The number of hydrogen-bond acceptors (Lipinski definition) is 5. The maximum atomic E-state index is 12.7. The van der Waals surface area contributed by atoms with E-state index in [2.05, 4.69) is 0 Å². The predicted molar refractivity (Wildman–Crippen MR) is 92.5 cm³/mol. The van der Waals surface area contributed by atoms with E-state index in [0.29, 0.717) is 38.9 Å². The first-order valence-corrected chi connectivity index (χ1v) is 8.06. The molecule has 1 aromatic carbocycles. The molecule has 1 aromatic heterocycles. The lowest BCUT2D eigenvalue weighted by molar-refractivity contribution is 0.0831. The van der Waals surface area contributed by atoms with Crippen LogP contribution >= 0.6 is 11.3 Å². The summed E-state index contributed by atoms with van der Waals surface area (Å²) < 4.78 is 5.37. The third-order valence-electron chi connectivity index (χ3n) is 3.43. The first kappa shape index (κ1) is 17.0. The average Bonchev–Trinajstić information content (AvgIpc) is 2.81. The quantitative estimate of drug-likeness (QED) is 0.854. The molecule has 1 heterocycles. The highest BCUT2D eigenvalue weighted by molar-refractivity contribution is 7.18. The van der Waals surface area contributed by atoms with Crippen LogP contribution in [0.3, 0.4) is 0 Å². The normalized spacial score (nSPS) is 10.4. The van der Waals surface area contributed by atoms with Crippen molar-refractivity contribution in [1.82, 2.24) is 4.90 Å². The van der Waals surface area contributed by atoms with Crippen LogP contribution < -0.4 is 10.5 Å². The van der Waals surface area contributed by atoms with Crippen molar-refractivity contribution in [2.24, 2.45) is 0 Å². The fourth-order valence-electron chi connectivity index (χ4n) is 2.24. The Morgan fingerprint density at radius 1 is 1.22 bits per heavy atom. The van der Waals surface area contributed by atoms with Crippen molar-refractivity contribution in [3.63, 3.8) is 0 Å². The number of nitrogens with zero attached hydrogens (tertiary/aromatic N) is 1. The van der Waals surface area contributed by atoms with Crippen LogP contribution in [0.1, 0.15) is 38.1 Å². The van der Waals surface area contributed by atoms with Crippen LogP contribution in [0, 0.1) is 6.92 Å².